The highest BCUT2D eigenvalue weighted by Gasteiger charge is 2.21. The summed E-state index contributed by atoms with van der Waals surface area (Å²) < 4.78 is 1.51. The Morgan fingerprint density at radius 2 is 1.82 bits per heavy atom. The van der Waals surface area contributed by atoms with Crippen LogP contribution in [0.3, 0.4) is 0 Å². The molecule has 1 aromatic heterocycles. The third-order valence-electron chi connectivity index (χ3n) is 4.40. The number of amides is 2. The van der Waals surface area contributed by atoms with E-state index in [1.807, 2.05) is 23.1 Å². The molecule has 0 bridgehead atoms. The zero-order valence-corrected chi connectivity index (χ0v) is 13.0. The number of likely N-dealkylation sites (tertiary alicyclic amines) is 1. The maximum absolute atomic E-state index is 12.4. The van der Waals surface area contributed by atoms with Gasteiger partial charge in [0, 0.05) is 37.1 Å². The van der Waals surface area contributed by atoms with Crippen molar-refractivity contribution in [2.75, 3.05) is 18.4 Å². The van der Waals surface area contributed by atoms with Crippen molar-refractivity contribution in [2.45, 2.75) is 19.8 Å². The molecule has 1 aromatic carbocycles. The Kier molecular flexibility index (Phi) is 3.88. The molecular weight excluding hydrogens is 278 g/mol. The van der Waals surface area contributed by atoms with Crippen molar-refractivity contribution in [1.82, 2.24) is 9.47 Å². The van der Waals surface area contributed by atoms with Crippen molar-refractivity contribution in [2.24, 2.45) is 13.0 Å². The molecule has 2 heterocycles. The first-order valence-electron chi connectivity index (χ1n) is 7.70. The lowest BCUT2D eigenvalue weighted by molar-refractivity contribution is 0.186. The van der Waals surface area contributed by atoms with Gasteiger partial charge in [0.05, 0.1) is 5.69 Å². The molecule has 116 valence electrons. The summed E-state index contributed by atoms with van der Waals surface area (Å²) in [6, 6.07) is 7.28. The molecule has 0 spiro atoms. The zero-order chi connectivity index (χ0) is 15.7. The molecule has 2 amide bonds. The smallest absolute Gasteiger partial charge is 0.321 e. The third-order valence-corrected chi connectivity index (χ3v) is 4.40. The maximum atomic E-state index is 12.4. The molecule has 0 radical (unpaired) electrons. The first-order chi connectivity index (χ1) is 10.6. The van der Waals surface area contributed by atoms with Crippen LogP contribution in [0.2, 0.25) is 0 Å². The molecular formula is C17H21N3O2. The summed E-state index contributed by atoms with van der Waals surface area (Å²) in [5.41, 5.74) is 0.627. The Labute approximate surface area is 129 Å². The number of hydrogen-bond donors (Lipinski definition) is 1. The molecule has 0 aliphatic carbocycles. The predicted molar refractivity (Wildman–Crippen MR) is 88.2 cm³/mol. The summed E-state index contributed by atoms with van der Waals surface area (Å²) in [7, 11) is 1.70. The lowest BCUT2D eigenvalue weighted by Crippen LogP contribution is -2.40. The van der Waals surface area contributed by atoms with Crippen molar-refractivity contribution in [3.05, 3.63) is 40.8 Å². The second-order valence-electron chi connectivity index (χ2n) is 6.10. The Hall–Kier alpha value is -2.30. The zero-order valence-electron chi connectivity index (χ0n) is 13.0. The molecule has 1 fully saturated rings. The second kappa shape index (κ2) is 5.83. The molecule has 0 unspecified atom stereocenters. The van der Waals surface area contributed by atoms with E-state index in [0.29, 0.717) is 17.0 Å². The number of nitrogens with zero attached hydrogens (tertiary/aromatic N) is 2. The average molecular weight is 299 g/mol. The van der Waals surface area contributed by atoms with Crippen LogP contribution in [0.5, 0.6) is 0 Å². The molecule has 3 rings (SSSR count). The molecule has 5 nitrogen and oxygen atoms in total. The minimum atomic E-state index is -0.0873. The Bertz CT molecular complexity index is 758. The lowest BCUT2D eigenvalue weighted by atomic mass is 10.00. The molecule has 22 heavy (non-hydrogen) atoms. The van der Waals surface area contributed by atoms with Crippen LogP contribution in [0.25, 0.3) is 10.8 Å². The Morgan fingerprint density at radius 1 is 1.18 bits per heavy atom. The number of aromatic nitrogens is 1. The van der Waals surface area contributed by atoms with Gasteiger partial charge in [0.25, 0.3) is 5.56 Å². The van der Waals surface area contributed by atoms with E-state index in [1.54, 1.807) is 19.3 Å². The fourth-order valence-corrected chi connectivity index (χ4v) is 2.92. The van der Waals surface area contributed by atoms with E-state index in [0.717, 1.165) is 31.3 Å². The number of carbonyl (C=O) groups excluding carboxylic acids is 1. The van der Waals surface area contributed by atoms with Gasteiger partial charge in [-0.25, -0.2) is 4.79 Å². The van der Waals surface area contributed by atoms with Gasteiger partial charge in [-0.3, -0.25) is 4.79 Å². The number of hydrogen-bond acceptors (Lipinski definition) is 2. The van der Waals surface area contributed by atoms with E-state index in [4.69, 9.17) is 0 Å². The number of benzene rings is 1. The number of piperidine rings is 1. The summed E-state index contributed by atoms with van der Waals surface area (Å²) in [6.07, 6.45) is 3.78. The summed E-state index contributed by atoms with van der Waals surface area (Å²) >= 11 is 0. The molecule has 0 atom stereocenters. The van der Waals surface area contributed by atoms with Gasteiger partial charge in [0.1, 0.15) is 0 Å². The van der Waals surface area contributed by atoms with Crippen LogP contribution < -0.4 is 10.9 Å². The number of pyridine rings is 1. The van der Waals surface area contributed by atoms with Crippen LogP contribution in [0.15, 0.2) is 35.3 Å². The number of fused-ring (bicyclic) bond motifs is 1. The molecule has 0 saturated carbocycles. The molecule has 1 aliphatic rings. The highest BCUT2D eigenvalue weighted by Crippen LogP contribution is 2.22. The Balaban J connectivity index is 1.89. The van der Waals surface area contributed by atoms with Gasteiger partial charge in [0.2, 0.25) is 0 Å². The number of anilines is 1. The predicted octanol–water partition coefficient (Wildman–Crippen LogP) is 2.80. The minimum Gasteiger partial charge on any atom is -0.325 e. The normalized spacial score (nSPS) is 16.0. The Morgan fingerprint density at radius 3 is 2.50 bits per heavy atom. The van der Waals surface area contributed by atoms with Crippen LogP contribution in [-0.2, 0) is 7.05 Å². The van der Waals surface area contributed by atoms with Crippen molar-refractivity contribution >= 4 is 22.5 Å². The molecule has 1 aliphatic heterocycles. The first-order valence-corrected chi connectivity index (χ1v) is 7.70. The fourth-order valence-electron chi connectivity index (χ4n) is 2.92. The number of carbonyl (C=O) groups is 1. The highest BCUT2D eigenvalue weighted by molar-refractivity contribution is 6.00. The van der Waals surface area contributed by atoms with Crippen molar-refractivity contribution in [3.8, 4) is 0 Å². The van der Waals surface area contributed by atoms with Gasteiger partial charge in [0.15, 0.2) is 0 Å². The summed E-state index contributed by atoms with van der Waals surface area (Å²) in [5.74, 6) is 0.683. The van der Waals surface area contributed by atoms with Gasteiger partial charge >= 0.3 is 6.03 Å². The van der Waals surface area contributed by atoms with E-state index in [1.165, 1.54) is 4.57 Å². The largest absolute Gasteiger partial charge is 0.325 e. The number of urea groups is 1. The van der Waals surface area contributed by atoms with Crippen molar-refractivity contribution < 1.29 is 4.79 Å². The molecule has 2 aromatic rings. The summed E-state index contributed by atoms with van der Waals surface area (Å²) in [6.45, 7) is 3.79. The lowest BCUT2D eigenvalue weighted by Gasteiger charge is -2.30. The second-order valence-corrected chi connectivity index (χ2v) is 6.10. The van der Waals surface area contributed by atoms with E-state index < -0.39 is 0 Å². The van der Waals surface area contributed by atoms with Crippen LogP contribution in [0.1, 0.15) is 19.8 Å². The molecule has 5 heteroatoms. The SMILES string of the molecule is CC1CCN(C(=O)Nc2cn(C)c(=O)c3ccccc23)CC1. The van der Waals surface area contributed by atoms with E-state index >= 15 is 0 Å². The molecule has 1 saturated heterocycles. The highest BCUT2D eigenvalue weighted by atomic mass is 16.2. The van der Waals surface area contributed by atoms with Gasteiger partial charge in [-0.05, 0) is 24.8 Å². The monoisotopic (exact) mass is 299 g/mol. The maximum Gasteiger partial charge on any atom is 0.321 e. The van der Waals surface area contributed by atoms with Gasteiger partial charge in [-0.2, -0.15) is 0 Å². The minimum absolute atomic E-state index is 0.0552. The topological polar surface area (TPSA) is 54.3 Å². The number of aryl methyl sites for hydroxylation is 1. The van der Waals surface area contributed by atoms with E-state index in [-0.39, 0.29) is 11.6 Å². The van der Waals surface area contributed by atoms with Crippen LogP contribution in [0, 0.1) is 5.92 Å². The van der Waals surface area contributed by atoms with Crippen molar-refractivity contribution in [3.63, 3.8) is 0 Å². The number of rotatable bonds is 1. The van der Waals surface area contributed by atoms with Crippen LogP contribution in [-0.4, -0.2) is 28.6 Å². The fraction of sp³-hybridized carbons (Fsp3) is 0.412. The standard InChI is InChI=1S/C17H21N3O2/c1-12-7-9-20(10-8-12)17(22)18-15-11-19(2)16(21)14-6-4-3-5-13(14)15/h3-6,11-12H,7-10H2,1-2H3,(H,18,22). The van der Waals surface area contributed by atoms with E-state index in [9.17, 15) is 9.59 Å². The average Bonchev–Trinajstić information content (AvgIpc) is 2.53. The summed E-state index contributed by atoms with van der Waals surface area (Å²) in [4.78, 5) is 26.4. The molecule has 1 N–H and O–H groups in total. The van der Waals surface area contributed by atoms with Crippen LogP contribution in [0.4, 0.5) is 10.5 Å². The van der Waals surface area contributed by atoms with Gasteiger partial charge < -0.3 is 14.8 Å². The van der Waals surface area contributed by atoms with Gasteiger partial charge in [-0.15, -0.1) is 0 Å². The summed E-state index contributed by atoms with van der Waals surface area (Å²) in [5, 5.41) is 4.37. The van der Waals surface area contributed by atoms with Crippen LogP contribution >= 0.6 is 0 Å². The first kappa shape index (κ1) is 14.6. The quantitative estimate of drug-likeness (QED) is 0.880. The van der Waals surface area contributed by atoms with E-state index in [2.05, 4.69) is 12.2 Å². The third kappa shape index (κ3) is 2.71. The van der Waals surface area contributed by atoms with Gasteiger partial charge in [-0.1, -0.05) is 25.1 Å². The van der Waals surface area contributed by atoms with Crippen molar-refractivity contribution in [1.29, 1.82) is 0 Å². The number of nitrogens with one attached hydrogen (secondary N) is 1.